The van der Waals surface area contributed by atoms with Gasteiger partial charge in [-0.2, -0.15) is 5.10 Å². The highest BCUT2D eigenvalue weighted by molar-refractivity contribution is 5.89. The van der Waals surface area contributed by atoms with Gasteiger partial charge in [0, 0.05) is 0 Å². The number of rotatable bonds is 8. The van der Waals surface area contributed by atoms with Crippen molar-refractivity contribution in [2.75, 3.05) is 20.8 Å². The van der Waals surface area contributed by atoms with E-state index < -0.39 is 5.97 Å². The fourth-order valence-electron chi connectivity index (χ4n) is 3.34. The Morgan fingerprint density at radius 2 is 1.83 bits per heavy atom. The lowest BCUT2D eigenvalue weighted by Gasteiger charge is -2.10. The third-order valence-electron chi connectivity index (χ3n) is 4.67. The molecular weight excluding hydrogens is 372 g/mol. The summed E-state index contributed by atoms with van der Waals surface area (Å²) in [6, 6.07) is 5.69. The van der Waals surface area contributed by atoms with Crippen molar-refractivity contribution in [1.82, 2.24) is 19.8 Å². The number of nitrogens with zero attached hydrogens (tertiary/aromatic N) is 4. The van der Waals surface area contributed by atoms with E-state index in [9.17, 15) is 4.79 Å². The summed E-state index contributed by atoms with van der Waals surface area (Å²) in [6.07, 6.45) is 2.17. The molecule has 0 saturated heterocycles. The highest BCUT2D eigenvalue weighted by Gasteiger charge is 2.24. The smallest absolute Gasteiger partial charge is 0.360 e. The van der Waals surface area contributed by atoms with E-state index in [4.69, 9.17) is 19.3 Å². The minimum Gasteiger partial charge on any atom is -0.493 e. The van der Waals surface area contributed by atoms with Crippen molar-refractivity contribution >= 4 is 11.6 Å². The number of carbonyl (C=O) groups is 1. The van der Waals surface area contributed by atoms with E-state index in [-0.39, 0.29) is 12.3 Å². The summed E-state index contributed by atoms with van der Waals surface area (Å²) < 4.78 is 17.7. The first kappa shape index (κ1) is 20.6. The largest absolute Gasteiger partial charge is 0.493 e. The van der Waals surface area contributed by atoms with Gasteiger partial charge < -0.3 is 14.2 Å². The van der Waals surface area contributed by atoms with Gasteiger partial charge >= 0.3 is 5.97 Å². The Morgan fingerprint density at radius 1 is 1.07 bits per heavy atom. The normalized spacial score (nSPS) is 10.9. The van der Waals surface area contributed by atoms with Gasteiger partial charge in [0.25, 0.3) is 0 Å². The fraction of sp³-hybridized carbons (Fsp3) is 0.429. The van der Waals surface area contributed by atoms with Crippen molar-refractivity contribution in [3.05, 3.63) is 35.3 Å². The van der Waals surface area contributed by atoms with Crippen molar-refractivity contribution in [2.24, 2.45) is 0 Å². The Balaban J connectivity index is 2.26. The summed E-state index contributed by atoms with van der Waals surface area (Å²) in [6.45, 7) is 6.12. The molecule has 0 N–H and O–H groups in total. The van der Waals surface area contributed by atoms with E-state index in [1.165, 1.54) is 0 Å². The summed E-state index contributed by atoms with van der Waals surface area (Å²) in [4.78, 5) is 12.4. The van der Waals surface area contributed by atoms with E-state index in [1.54, 1.807) is 25.7 Å². The SMILES string of the molecule is CCCc1c(C(=O)OCC)nnc2c(-c3ccc(OC)c(OC)c3)c(CC)nn12. The van der Waals surface area contributed by atoms with Crippen LogP contribution in [0.3, 0.4) is 0 Å². The maximum Gasteiger partial charge on any atom is 0.360 e. The van der Waals surface area contributed by atoms with Crippen molar-refractivity contribution in [2.45, 2.75) is 40.0 Å². The zero-order chi connectivity index (χ0) is 21.0. The van der Waals surface area contributed by atoms with Gasteiger partial charge in [0.1, 0.15) is 0 Å². The molecule has 1 aromatic carbocycles. The van der Waals surface area contributed by atoms with E-state index in [0.717, 1.165) is 23.2 Å². The van der Waals surface area contributed by atoms with Crippen LogP contribution in [0.4, 0.5) is 0 Å². The van der Waals surface area contributed by atoms with Crippen LogP contribution in [0.1, 0.15) is 49.1 Å². The number of methoxy groups -OCH3 is 2. The highest BCUT2D eigenvalue weighted by Crippen LogP contribution is 2.35. The summed E-state index contributed by atoms with van der Waals surface area (Å²) in [7, 11) is 3.20. The molecule has 3 aromatic rings. The van der Waals surface area contributed by atoms with Crippen LogP contribution in [0.25, 0.3) is 16.8 Å². The van der Waals surface area contributed by atoms with Crippen LogP contribution in [-0.2, 0) is 17.6 Å². The van der Waals surface area contributed by atoms with Crippen molar-refractivity contribution in [3.63, 3.8) is 0 Å². The molecule has 8 heteroatoms. The molecule has 0 saturated carbocycles. The zero-order valence-corrected chi connectivity index (χ0v) is 17.5. The molecule has 0 radical (unpaired) electrons. The maximum atomic E-state index is 12.4. The maximum absolute atomic E-state index is 12.4. The second-order valence-corrected chi connectivity index (χ2v) is 6.45. The fourth-order valence-corrected chi connectivity index (χ4v) is 3.34. The van der Waals surface area contributed by atoms with Gasteiger partial charge in [0.05, 0.1) is 37.8 Å². The number of carbonyl (C=O) groups excluding carboxylic acids is 1. The summed E-state index contributed by atoms with van der Waals surface area (Å²) in [5.74, 6) is 0.788. The third-order valence-corrected chi connectivity index (χ3v) is 4.67. The molecule has 0 amide bonds. The van der Waals surface area contributed by atoms with Gasteiger partial charge in [0.15, 0.2) is 22.8 Å². The monoisotopic (exact) mass is 398 g/mol. The van der Waals surface area contributed by atoms with Crippen molar-refractivity contribution < 1.29 is 19.0 Å². The second-order valence-electron chi connectivity index (χ2n) is 6.45. The molecule has 0 fully saturated rings. The van der Waals surface area contributed by atoms with Gasteiger partial charge in [-0.15, -0.1) is 10.2 Å². The summed E-state index contributed by atoms with van der Waals surface area (Å²) in [5, 5.41) is 13.3. The molecule has 0 bridgehead atoms. The van der Waals surface area contributed by atoms with Crippen LogP contribution in [0.5, 0.6) is 11.5 Å². The molecule has 3 rings (SSSR count). The average molecular weight is 398 g/mol. The van der Waals surface area contributed by atoms with Crippen LogP contribution in [-0.4, -0.2) is 46.6 Å². The lowest BCUT2D eigenvalue weighted by atomic mass is 10.0. The lowest BCUT2D eigenvalue weighted by molar-refractivity contribution is 0.0515. The van der Waals surface area contributed by atoms with Gasteiger partial charge in [0.2, 0.25) is 0 Å². The number of fused-ring (bicyclic) bond motifs is 1. The summed E-state index contributed by atoms with van der Waals surface area (Å²) in [5.41, 5.74) is 4.15. The minimum absolute atomic E-state index is 0.213. The molecule has 29 heavy (non-hydrogen) atoms. The number of esters is 1. The highest BCUT2D eigenvalue weighted by atomic mass is 16.5. The Bertz CT molecular complexity index is 1030. The molecule has 154 valence electrons. The number of aromatic nitrogens is 4. The minimum atomic E-state index is -0.480. The number of aryl methyl sites for hydroxylation is 2. The van der Waals surface area contributed by atoms with E-state index in [2.05, 4.69) is 10.2 Å². The van der Waals surface area contributed by atoms with Crippen LogP contribution < -0.4 is 9.47 Å². The third kappa shape index (κ3) is 3.74. The Hall–Kier alpha value is -3.16. The van der Waals surface area contributed by atoms with Crippen LogP contribution in [0.2, 0.25) is 0 Å². The Morgan fingerprint density at radius 3 is 2.45 bits per heavy atom. The van der Waals surface area contributed by atoms with Gasteiger partial charge in [-0.1, -0.05) is 26.3 Å². The molecule has 2 heterocycles. The standard InChI is InChI=1S/C21H26N4O4/c1-6-9-15-19(21(26)29-8-3)22-23-20-18(14(7-2)24-25(15)20)13-10-11-16(27-4)17(12-13)28-5/h10-12H,6-9H2,1-5H3. The Kier molecular flexibility index (Phi) is 6.31. The molecule has 0 aliphatic rings. The quantitative estimate of drug-likeness (QED) is 0.537. The van der Waals surface area contributed by atoms with E-state index >= 15 is 0 Å². The molecule has 0 spiro atoms. The molecule has 8 nitrogen and oxygen atoms in total. The predicted molar refractivity (Wildman–Crippen MR) is 109 cm³/mol. The van der Waals surface area contributed by atoms with E-state index in [0.29, 0.717) is 35.7 Å². The van der Waals surface area contributed by atoms with Crippen LogP contribution in [0.15, 0.2) is 18.2 Å². The lowest BCUT2D eigenvalue weighted by Crippen LogP contribution is -2.16. The first-order chi connectivity index (χ1) is 14.1. The summed E-state index contributed by atoms with van der Waals surface area (Å²) >= 11 is 0. The van der Waals surface area contributed by atoms with Crippen molar-refractivity contribution in [1.29, 1.82) is 0 Å². The molecule has 2 aromatic heterocycles. The van der Waals surface area contributed by atoms with Gasteiger partial charge in [-0.25, -0.2) is 9.31 Å². The van der Waals surface area contributed by atoms with Gasteiger partial charge in [-0.05, 0) is 37.5 Å². The number of hydrogen-bond donors (Lipinski definition) is 0. The molecule has 0 unspecified atom stereocenters. The zero-order valence-electron chi connectivity index (χ0n) is 17.5. The first-order valence-electron chi connectivity index (χ1n) is 9.76. The van der Waals surface area contributed by atoms with Crippen LogP contribution in [0, 0.1) is 0 Å². The topological polar surface area (TPSA) is 87.8 Å². The molecule has 0 aliphatic heterocycles. The second kappa shape index (κ2) is 8.89. The van der Waals surface area contributed by atoms with Crippen LogP contribution >= 0.6 is 0 Å². The number of hydrogen-bond acceptors (Lipinski definition) is 7. The van der Waals surface area contributed by atoms with E-state index in [1.807, 2.05) is 32.0 Å². The number of ether oxygens (including phenoxy) is 3. The molecule has 0 atom stereocenters. The first-order valence-corrected chi connectivity index (χ1v) is 9.76. The average Bonchev–Trinajstić information content (AvgIpc) is 3.12. The van der Waals surface area contributed by atoms with Crippen molar-refractivity contribution in [3.8, 4) is 22.6 Å². The Labute approximate surface area is 169 Å². The molecular formula is C21H26N4O4. The predicted octanol–water partition coefficient (Wildman–Crippen LogP) is 3.50. The molecule has 0 aliphatic carbocycles. The number of benzene rings is 1. The van der Waals surface area contributed by atoms with Gasteiger partial charge in [-0.3, -0.25) is 0 Å².